The molecule has 0 amide bonds. The minimum absolute atomic E-state index is 0.209. The van der Waals surface area contributed by atoms with Gasteiger partial charge in [0.25, 0.3) is 0 Å². The average molecular weight is 297 g/mol. The van der Waals surface area contributed by atoms with Crippen LogP contribution in [0.1, 0.15) is 29.3 Å². The molecule has 2 heterocycles. The molecule has 1 atom stereocenters. The molecule has 2 aromatic heterocycles. The third-order valence-corrected chi connectivity index (χ3v) is 3.52. The van der Waals surface area contributed by atoms with Gasteiger partial charge in [0.1, 0.15) is 5.82 Å². The number of hydrogen-bond donors (Lipinski definition) is 0. The molecule has 0 saturated carbocycles. The van der Waals surface area contributed by atoms with Gasteiger partial charge in [-0.1, -0.05) is 6.07 Å². The Hall–Kier alpha value is -2.38. The number of imidazole rings is 1. The van der Waals surface area contributed by atoms with Crippen LogP contribution in [0.2, 0.25) is 0 Å². The number of nitrogens with zero attached hydrogens (tertiary/aromatic N) is 4. The van der Waals surface area contributed by atoms with E-state index in [1.165, 1.54) is 0 Å². The van der Waals surface area contributed by atoms with Crippen molar-refractivity contribution >= 4 is 22.6 Å². The van der Waals surface area contributed by atoms with Crippen LogP contribution >= 0.6 is 11.6 Å². The predicted molar refractivity (Wildman–Crippen MR) is 82.1 cm³/mol. The van der Waals surface area contributed by atoms with Crippen molar-refractivity contribution in [2.45, 2.75) is 18.8 Å². The highest BCUT2D eigenvalue weighted by Crippen LogP contribution is 2.26. The molecule has 4 nitrogen and oxygen atoms in total. The van der Waals surface area contributed by atoms with Gasteiger partial charge in [0.05, 0.1) is 34.6 Å². The van der Waals surface area contributed by atoms with Gasteiger partial charge < -0.3 is 4.57 Å². The minimum atomic E-state index is -0.209. The number of hydrogen-bond acceptors (Lipinski definition) is 3. The molecule has 0 saturated heterocycles. The van der Waals surface area contributed by atoms with Crippen molar-refractivity contribution in [2.75, 3.05) is 0 Å². The van der Waals surface area contributed by atoms with Crippen molar-refractivity contribution in [3.8, 4) is 6.07 Å². The molecule has 1 aromatic carbocycles. The third kappa shape index (κ3) is 2.61. The SMILES string of the molecule is CC(Cl)c1nc2ccc(C#N)cc2n1Cc1cccnc1. The van der Waals surface area contributed by atoms with Crippen molar-refractivity contribution in [3.05, 3.63) is 59.7 Å². The number of fused-ring (bicyclic) bond motifs is 1. The van der Waals surface area contributed by atoms with E-state index in [2.05, 4.69) is 16.0 Å². The maximum absolute atomic E-state index is 9.08. The number of benzene rings is 1. The first-order valence-corrected chi connectivity index (χ1v) is 7.06. The topological polar surface area (TPSA) is 54.5 Å². The standard InChI is InChI=1S/C16H13ClN4/c1-11(17)16-20-14-5-4-12(8-18)7-15(14)21(16)10-13-3-2-6-19-9-13/h2-7,9,11H,10H2,1H3. The summed E-state index contributed by atoms with van der Waals surface area (Å²) in [5.74, 6) is 0.797. The molecular formula is C16H13ClN4. The van der Waals surface area contributed by atoms with Crippen molar-refractivity contribution < 1.29 is 0 Å². The first-order valence-electron chi connectivity index (χ1n) is 6.62. The summed E-state index contributed by atoms with van der Waals surface area (Å²) in [5, 5.41) is 8.87. The molecule has 104 valence electrons. The van der Waals surface area contributed by atoms with Gasteiger partial charge >= 0.3 is 0 Å². The normalized spacial score (nSPS) is 12.2. The Morgan fingerprint density at radius 1 is 1.38 bits per heavy atom. The fourth-order valence-electron chi connectivity index (χ4n) is 2.35. The maximum atomic E-state index is 9.08. The first-order chi connectivity index (χ1) is 10.2. The second-order valence-corrected chi connectivity index (χ2v) is 5.50. The van der Waals surface area contributed by atoms with E-state index >= 15 is 0 Å². The molecule has 5 heteroatoms. The van der Waals surface area contributed by atoms with Gasteiger partial charge in [0.2, 0.25) is 0 Å². The molecule has 0 aliphatic rings. The number of rotatable bonds is 3. The Labute approximate surface area is 127 Å². The third-order valence-electron chi connectivity index (χ3n) is 3.33. The Morgan fingerprint density at radius 3 is 2.90 bits per heavy atom. The van der Waals surface area contributed by atoms with E-state index in [0.717, 1.165) is 22.4 Å². The van der Waals surface area contributed by atoms with Crippen LogP contribution in [0, 0.1) is 11.3 Å². The molecule has 0 fully saturated rings. The summed E-state index contributed by atoms with van der Waals surface area (Å²) in [6.45, 7) is 2.53. The molecule has 0 aliphatic carbocycles. The van der Waals surface area contributed by atoms with Gasteiger partial charge in [-0.2, -0.15) is 5.26 Å². The Morgan fingerprint density at radius 2 is 2.24 bits per heavy atom. The molecule has 0 aliphatic heterocycles. The average Bonchev–Trinajstić information content (AvgIpc) is 2.86. The highest BCUT2D eigenvalue weighted by molar-refractivity contribution is 6.20. The molecule has 1 unspecified atom stereocenters. The maximum Gasteiger partial charge on any atom is 0.128 e. The summed E-state index contributed by atoms with van der Waals surface area (Å²) in [4.78, 5) is 8.72. The summed E-state index contributed by atoms with van der Waals surface area (Å²) in [6, 6.07) is 11.6. The monoisotopic (exact) mass is 296 g/mol. The van der Waals surface area contributed by atoms with Crippen molar-refractivity contribution in [1.29, 1.82) is 5.26 Å². The Balaban J connectivity index is 2.17. The van der Waals surface area contributed by atoms with Crippen LogP contribution < -0.4 is 0 Å². The van der Waals surface area contributed by atoms with Crippen LogP contribution in [0.25, 0.3) is 11.0 Å². The zero-order valence-electron chi connectivity index (χ0n) is 11.5. The number of halogens is 1. The van der Waals surface area contributed by atoms with Gasteiger partial charge in [-0.05, 0) is 36.8 Å². The summed E-state index contributed by atoms with van der Waals surface area (Å²) in [6.07, 6.45) is 3.57. The lowest BCUT2D eigenvalue weighted by Gasteiger charge is -2.10. The van der Waals surface area contributed by atoms with E-state index in [9.17, 15) is 0 Å². The number of alkyl halides is 1. The van der Waals surface area contributed by atoms with Gasteiger partial charge in [-0.3, -0.25) is 4.98 Å². The van der Waals surface area contributed by atoms with E-state index in [-0.39, 0.29) is 5.38 Å². The van der Waals surface area contributed by atoms with Crippen LogP contribution in [0.3, 0.4) is 0 Å². The van der Waals surface area contributed by atoms with Crippen molar-refractivity contribution in [1.82, 2.24) is 14.5 Å². The molecule has 0 N–H and O–H groups in total. The second-order valence-electron chi connectivity index (χ2n) is 4.85. The van der Waals surface area contributed by atoms with Crippen molar-refractivity contribution in [2.24, 2.45) is 0 Å². The van der Waals surface area contributed by atoms with E-state index in [0.29, 0.717) is 12.1 Å². The summed E-state index contributed by atoms with van der Waals surface area (Å²) >= 11 is 6.26. The summed E-state index contributed by atoms with van der Waals surface area (Å²) < 4.78 is 2.05. The zero-order valence-corrected chi connectivity index (χ0v) is 12.2. The van der Waals surface area contributed by atoms with Crippen LogP contribution in [-0.2, 0) is 6.54 Å². The lowest BCUT2D eigenvalue weighted by Crippen LogP contribution is -2.06. The van der Waals surface area contributed by atoms with Crippen LogP contribution in [0.5, 0.6) is 0 Å². The van der Waals surface area contributed by atoms with E-state index < -0.39 is 0 Å². The highest BCUT2D eigenvalue weighted by Gasteiger charge is 2.15. The zero-order chi connectivity index (χ0) is 14.8. The number of pyridine rings is 1. The van der Waals surface area contributed by atoms with Gasteiger partial charge in [-0.15, -0.1) is 11.6 Å². The van der Waals surface area contributed by atoms with Crippen molar-refractivity contribution in [3.63, 3.8) is 0 Å². The molecule has 0 bridgehead atoms. The van der Waals surface area contributed by atoms with E-state index in [1.807, 2.05) is 42.0 Å². The minimum Gasteiger partial charge on any atom is -0.322 e. The fraction of sp³-hybridized carbons (Fsp3) is 0.188. The second kappa shape index (κ2) is 5.55. The van der Waals surface area contributed by atoms with E-state index in [4.69, 9.17) is 16.9 Å². The highest BCUT2D eigenvalue weighted by atomic mass is 35.5. The van der Waals surface area contributed by atoms with Gasteiger partial charge in [0.15, 0.2) is 0 Å². The van der Waals surface area contributed by atoms with Gasteiger partial charge in [0, 0.05) is 12.4 Å². The largest absolute Gasteiger partial charge is 0.322 e. The first kappa shape index (κ1) is 13.6. The predicted octanol–water partition coefficient (Wildman–Crippen LogP) is 3.65. The Kier molecular flexibility index (Phi) is 3.59. The van der Waals surface area contributed by atoms with E-state index in [1.54, 1.807) is 12.3 Å². The molecule has 21 heavy (non-hydrogen) atoms. The molecule has 0 radical (unpaired) electrons. The molecule has 3 rings (SSSR count). The summed E-state index contributed by atoms with van der Waals surface area (Å²) in [5.41, 5.74) is 3.45. The summed E-state index contributed by atoms with van der Waals surface area (Å²) in [7, 11) is 0. The number of aromatic nitrogens is 3. The fourth-order valence-corrected chi connectivity index (χ4v) is 2.52. The number of nitriles is 1. The van der Waals surface area contributed by atoms with Gasteiger partial charge in [-0.25, -0.2) is 4.98 Å². The lowest BCUT2D eigenvalue weighted by atomic mass is 10.2. The van der Waals surface area contributed by atoms with Crippen LogP contribution in [-0.4, -0.2) is 14.5 Å². The Bertz CT molecular complexity index is 815. The smallest absolute Gasteiger partial charge is 0.128 e. The lowest BCUT2D eigenvalue weighted by molar-refractivity contribution is 0.740. The van der Waals surface area contributed by atoms with Crippen LogP contribution in [0.15, 0.2) is 42.7 Å². The molecular weight excluding hydrogens is 284 g/mol. The molecule has 0 spiro atoms. The van der Waals surface area contributed by atoms with Crippen LogP contribution in [0.4, 0.5) is 0 Å². The quantitative estimate of drug-likeness (QED) is 0.693. The molecule has 3 aromatic rings.